The number of hydrogen-bond acceptors (Lipinski definition) is 2. The summed E-state index contributed by atoms with van der Waals surface area (Å²) < 4.78 is 0. The fraction of sp³-hybridized carbons (Fsp3) is 0.750. The highest BCUT2D eigenvalue weighted by Crippen LogP contribution is 2.35. The smallest absolute Gasteiger partial charge is 0.148 e. The van der Waals surface area contributed by atoms with E-state index in [1.54, 1.807) is 0 Å². The van der Waals surface area contributed by atoms with Crippen LogP contribution in [0.1, 0.15) is 41.0 Å². The molecule has 1 aliphatic rings. The quantitative estimate of drug-likeness (QED) is 0.599. The predicted molar refractivity (Wildman–Crippen MR) is 59.0 cm³/mol. The predicted octanol–water partition coefficient (Wildman–Crippen LogP) is 2.60. The van der Waals surface area contributed by atoms with E-state index in [-0.39, 0.29) is 11.0 Å². The van der Waals surface area contributed by atoms with Crippen molar-refractivity contribution in [2.24, 2.45) is 5.41 Å². The third kappa shape index (κ3) is 2.17. The van der Waals surface area contributed by atoms with Gasteiger partial charge in [-0.25, -0.2) is 0 Å². The van der Waals surface area contributed by atoms with Gasteiger partial charge in [0, 0.05) is 23.9 Å². The maximum Gasteiger partial charge on any atom is 0.148 e. The van der Waals surface area contributed by atoms with Gasteiger partial charge in [0.05, 0.1) is 0 Å². The van der Waals surface area contributed by atoms with E-state index in [0.29, 0.717) is 0 Å². The van der Waals surface area contributed by atoms with Crippen LogP contribution in [0.5, 0.6) is 0 Å². The topological polar surface area (TPSA) is 20.3 Å². The fourth-order valence-corrected chi connectivity index (χ4v) is 1.67. The van der Waals surface area contributed by atoms with Gasteiger partial charge < -0.3 is 4.90 Å². The van der Waals surface area contributed by atoms with Gasteiger partial charge in [-0.1, -0.05) is 13.8 Å². The minimum Gasteiger partial charge on any atom is -0.372 e. The molecule has 0 aromatic carbocycles. The van der Waals surface area contributed by atoms with Crippen molar-refractivity contribution in [2.45, 2.75) is 46.6 Å². The van der Waals surface area contributed by atoms with Crippen LogP contribution >= 0.6 is 0 Å². The Morgan fingerprint density at radius 1 is 1.43 bits per heavy atom. The van der Waals surface area contributed by atoms with Crippen LogP contribution in [0.25, 0.3) is 0 Å². The molecular formula is C12H21NO. The Balaban J connectivity index is 2.96. The monoisotopic (exact) mass is 195 g/mol. The van der Waals surface area contributed by atoms with Gasteiger partial charge >= 0.3 is 0 Å². The molecule has 0 saturated heterocycles. The normalized spacial score (nSPS) is 21.8. The summed E-state index contributed by atoms with van der Waals surface area (Å²) in [6, 6.07) is 0. The van der Waals surface area contributed by atoms with Gasteiger partial charge in [-0.3, -0.25) is 4.79 Å². The first-order valence-corrected chi connectivity index (χ1v) is 5.21. The van der Waals surface area contributed by atoms with E-state index >= 15 is 0 Å². The highest BCUT2D eigenvalue weighted by atomic mass is 16.1. The van der Waals surface area contributed by atoms with Crippen molar-refractivity contribution in [1.82, 2.24) is 4.90 Å². The third-order valence-corrected chi connectivity index (χ3v) is 3.04. The maximum atomic E-state index is 11.0. The lowest BCUT2D eigenvalue weighted by molar-refractivity contribution is -0.106. The summed E-state index contributed by atoms with van der Waals surface area (Å²) in [5.41, 5.74) is 1.08. The first-order valence-electron chi connectivity index (χ1n) is 5.21. The minimum atomic E-state index is 0.0451. The summed E-state index contributed by atoms with van der Waals surface area (Å²) in [5, 5.41) is 0. The number of carbonyl (C=O) groups excluding carboxylic acids is 1. The second-order valence-electron chi connectivity index (χ2n) is 5.70. The van der Waals surface area contributed by atoms with Crippen molar-refractivity contribution in [1.29, 1.82) is 0 Å². The van der Waals surface area contributed by atoms with Crippen molar-refractivity contribution in [3.8, 4) is 0 Å². The molecule has 1 aliphatic heterocycles. The van der Waals surface area contributed by atoms with Gasteiger partial charge in [0.25, 0.3) is 0 Å². The Hall–Kier alpha value is -0.790. The van der Waals surface area contributed by atoms with E-state index in [9.17, 15) is 4.79 Å². The molecule has 2 heteroatoms. The highest BCUT2D eigenvalue weighted by Gasteiger charge is 2.31. The van der Waals surface area contributed by atoms with Crippen LogP contribution in [0.4, 0.5) is 0 Å². The number of allylic oxidation sites excluding steroid dienone is 1. The summed E-state index contributed by atoms with van der Waals surface area (Å²) in [4.78, 5) is 13.2. The molecule has 1 rings (SSSR count). The Kier molecular flexibility index (Phi) is 2.75. The fourth-order valence-electron chi connectivity index (χ4n) is 1.67. The van der Waals surface area contributed by atoms with Crippen molar-refractivity contribution in [3.63, 3.8) is 0 Å². The second kappa shape index (κ2) is 3.41. The van der Waals surface area contributed by atoms with Crippen LogP contribution in [0.3, 0.4) is 0 Å². The van der Waals surface area contributed by atoms with Crippen LogP contribution < -0.4 is 0 Å². The second-order valence-corrected chi connectivity index (χ2v) is 5.70. The van der Waals surface area contributed by atoms with Gasteiger partial charge in [0.15, 0.2) is 0 Å². The molecule has 0 aromatic rings. The van der Waals surface area contributed by atoms with E-state index in [1.165, 1.54) is 0 Å². The number of nitrogens with zero attached hydrogens (tertiary/aromatic N) is 1. The Morgan fingerprint density at radius 2 is 2.00 bits per heavy atom. The molecule has 0 aliphatic carbocycles. The number of rotatable bonds is 1. The zero-order valence-corrected chi connectivity index (χ0v) is 9.92. The van der Waals surface area contributed by atoms with E-state index in [2.05, 4.69) is 39.5 Å². The number of aldehydes is 1. The maximum absolute atomic E-state index is 11.0. The van der Waals surface area contributed by atoms with Crippen LogP contribution in [-0.2, 0) is 4.79 Å². The largest absolute Gasteiger partial charge is 0.372 e. The molecule has 0 unspecified atom stereocenters. The molecular weight excluding hydrogens is 174 g/mol. The SMILES string of the molecule is CC1(C)CCN(C(C)(C)C)C=C1C=O. The molecule has 0 atom stereocenters. The summed E-state index contributed by atoms with van der Waals surface area (Å²) in [5.74, 6) is 0. The highest BCUT2D eigenvalue weighted by molar-refractivity contribution is 5.75. The summed E-state index contributed by atoms with van der Waals surface area (Å²) in [6.45, 7) is 11.8. The van der Waals surface area contributed by atoms with E-state index in [1.807, 2.05) is 6.20 Å². The average Bonchev–Trinajstić information content (AvgIpc) is 2.01. The van der Waals surface area contributed by atoms with Gasteiger partial charge in [0.2, 0.25) is 0 Å². The first-order chi connectivity index (χ1) is 6.27. The molecule has 0 fully saturated rings. The average molecular weight is 195 g/mol. The van der Waals surface area contributed by atoms with E-state index < -0.39 is 0 Å². The van der Waals surface area contributed by atoms with Crippen molar-refractivity contribution < 1.29 is 4.79 Å². The van der Waals surface area contributed by atoms with Crippen molar-refractivity contribution in [2.75, 3.05) is 6.54 Å². The molecule has 0 aromatic heterocycles. The molecule has 0 N–H and O–H groups in total. The zero-order chi connectivity index (χ0) is 11.0. The molecule has 1 heterocycles. The van der Waals surface area contributed by atoms with Gasteiger partial charge in [-0.15, -0.1) is 0 Å². The number of hydrogen-bond donors (Lipinski definition) is 0. The summed E-state index contributed by atoms with van der Waals surface area (Å²) >= 11 is 0. The van der Waals surface area contributed by atoms with Crippen LogP contribution in [0.2, 0.25) is 0 Å². The van der Waals surface area contributed by atoms with Crippen molar-refractivity contribution in [3.05, 3.63) is 11.8 Å². The molecule has 80 valence electrons. The number of carbonyl (C=O) groups is 1. The van der Waals surface area contributed by atoms with Crippen LogP contribution in [0, 0.1) is 5.41 Å². The standard InChI is InChI=1S/C12H21NO/c1-11(2,3)13-7-6-12(4,5)10(8-13)9-14/h8-9H,6-7H2,1-5H3. The van der Waals surface area contributed by atoms with Crippen LogP contribution in [0.15, 0.2) is 11.8 Å². The zero-order valence-electron chi connectivity index (χ0n) is 9.92. The van der Waals surface area contributed by atoms with Gasteiger partial charge in [-0.2, -0.15) is 0 Å². The Morgan fingerprint density at radius 3 is 2.43 bits per heavy atom. The van der Waals surface area contributed by atoms with E-state index in [4.69, 9.17) is 0 Å². The molecule has 0 radical (unpaired) electrons. The molecule has 2 nitrogen and oxygen atoms in total. The molecule has 0 saturated carbocycles. The Bertz CT molecular complexity index is 258. The minimum absolute atomic E-state index is 0.0451. The molecule has 0 bridgehead atoms. The molecule has 14 heavy (non-hydrogen) atoms. The van der Waals surface area contributed by atoms with Gasteiger partial charge in [-0.05, 0) is 32.6 Å². The lowest BCUT2D eigenvalue weighted by Gasteiger charge is -2.42. The third-order valence-electron chi connectivity index (χ3n) is 3.04. The summed E-state index contributed by atoms with van der Waals surface area (Å²) in [6.07, 6.45) is 4.07. The molecule has 0 spiro atoms. The van der Waals surface area contributed by atoms with E-state index in [0.717, 1.165) is 24.8 Å². The molecule has 0 amide bonds. The Labute approximate surface area is 87.0 Å². The van der Waals surface area contributed by atoms with Gasteiger partial charge in [0.1, 0.15) is 6.29 Å². The van der Waals surface area contributed by atoms with Crippen LogP contribution in [-0.4, -0.2) is 23.3 Å². The lowest BCUT2D eigenvalue weighted by atomic mass is 9.79. The lowest BCUT2D eigenvalue weighted by Crippen LogP contribution is -2.43. The van der Waals surface area contributed by atoms with Crippen molar-refractivity contribution >= 4 is 6.29 Å². The summed E-state index contributed by atoms with van der Waals surface area (Å²) in [7, 11) is 0. The first kappa shape index (κ1) is 11.3.